The fourth-order valence-electron chi connectivity index (χ4n) is 4.22. The average molecular weight is 704 g/mol. The number of benzene rings is 4. The zero-order valence-electron chi connectivity index (χ0n) is 25.0. The number of thioether (sulfide) groups is 1. The first kappa shape index (κ1) is 33.7. The highest BCUT2D eigenvalue weighted by molar-refractivity contribution is 8.00. The molecule has 0 saturated carbocycles. The summed E-state index contributed by atoms with van der Waals surface area (Å²) in [4.78, 5) is 44.2. The normalized spacial score (nSPS) is 11.1. The van der Waals surface area contributed by atoms with E-state index in [1.165, 1.54) is 29.2 Å². The number of hydrogen-bond acceptors (Lipinski definition) is 7. The summed E-state index contributed by atoms with van der Waals surface area (Å²) >= 11 is 15.2. The Morgan fingerprint density at radius 3 is 2.36 bits per heavy atom. The van der Waals surface area contributed by atoms with Crippen molar-refractivity contribution in [3.63, 3.8) is 0 Å². The van der Waals surface area contributed by atoms with Crippen LogP contribution in [-0.2, 0) is 9.59 Å². The number of nitrogens with zero attached hydrogens (tertiary/aromatic N) is 1. The van der Waals surface area contributed by atoms with Crippen molar-refractivity contribution in [1.82, 2.24) is 10.3 Å². The van der Waals surface area contributed by atoms with E-state index in [1.807, 2.05) is 36.6 Å². The molecule has 0 atom stereocenters. The lowest BCUT2D eigenvalue weighted by Crippen LogP contribution is -2.30. The van der Waals surface area contributed by atoms with Gasteiger partial charge in [0.2, 0.25) is 5.91 Å². The molecule has 0 aliphatic carbocycles. The number of aromatic nitrogens is 1. The zero-order chi connectivity index (χ0) is 33.2. The van der Waals surface area contributed by atoms with Crippen LogP contribution >= 0.6 is 46.3 Å². The molecule has 3 N–H and O–H groups in total. The molecule has 0 bridgehead atoms. The van der Waals surface area contributed by atoms with Crippen LogP contribution in [0.5, 0.6) is 5.75 Å². The van der Waals surface area contributed by atoms with Gasteiger partial charge in [0.15, 0.2) is 5.13 Å². The third-order valence-electron chi connectivity index (χ3n) is 6.50. The van der Waals surface area contributed by atoms with Crippen molar-refractivity contribution in [2.75, 3.05) is 23.0 Å². The number of thiazole rings is 1. The van der Waals surface area contributed by atoms with Gasteiger partial charge in [0.05, 0.1) is 28.1 Å². The summed E-state index contributed by atoms with van der Waals surface area (Å²) in [6.07, 6.45) is 1.47. The number of carbonyl (C=O) groups is 3. The lowest BCUT2D eigenvalue weighted by atomic mass is 10.1. The summed E-state index contributed by atoms with van der Waals surface area (Å²) in [5, 5.41) is 11.3. The molecular formula is C35H28Cl2N4O4S2. The second-order valence-electron chi connectivity index (χ2n) is 9.83. The summed E-state index contributed by atoms with van der Waals surface area (Å²) in [5.74, 6) is -0.245. The van der Waals surface area contributed by atoms with Crippen LogP contribution in [0.3, 0.4) is 0 Å². The molecule has 0 saturated heterocycles. The van der Waals surface area contributed by atoms with E-state index in [-0.39, 0.29) is 22.4 Å². The topological polar surface area (TPSA) is 109 Å². The Morgan fingerprint density at radius 2 is 1.64 bits per heavy atom. The van der Waals surface area contributed by atoms with Gasteiger partial charge in [-0.25, -0.2) is 4.98 Å². The van der Waals surface area contributed by atoms with E-state index in [2.05, 4.69) is 20.9 Å². The summed E-state index contributed by atoms with van der Waals surface area (Å²) in [6, 6.07) is 28.2. The number of carbonyl (C=O) groups excluding carboxylic acids is 3. The Kier molecular flexibility index (Phi) is 11.7. The maximum absolute atomic E-state index is 13.3. The van der Waals surface area contributed by atoms with E-state index in [9.17, 15) is 14.4 Å². The number of rotatable bonds is 12. The average Bonchev–Trinajstić information content (AvgIpc) is 3.55. The predicted molar refractivity (Wildman–Crippen MR) is 191 cm³/mol. The highest BCUT2D eigenvalue weighted by Gasteiger charge is 2.17. The van der Waals surface area contributed by atoms with E-state index in [1.54, 1.807) is 72.8 Å². The Labute approximate surface area is 290 Å². The van der Waals surface area contributed by atoms with Gasteiger partial charge in [0.25, 0.3) is 11.8 Å². The molecule has 5 rings (SSSR count). The molecule has 0 aliphatic rings. The number of halogens is 2. The molecule has 0 fully saturated rings. The number of anilines is 2. The van der Waals surface area contributed by atoms with Crippen LogP contribution in [0.4, 0.5) is 10.8 Å². The maximum Gasteiger partial charge on any atom is 0.272 e. The third kappa shape index (κ3) is 9.46. The van der Waals surface area contributed by atoms with Crippen LogP contribution in [0.2, 0.25) is 10.0 Å². The van der Waals surface area contributed by atoms with Crippen LogP contribution in [0, 0.1) is 0 Å². The Balaban J connectivity index is 1.18. The number of nitrogens with one attached hydrogen (secondary N) is 3. The first-order chi connectivity index (χ1) is 22.8. The second-order valence-corrected chi connectivity index (χ2v) is 12.5. The Morgan fingerprint density at radius 1 is 0.894 bits per heavy atom. The van der Waals surface area contributed by atoms with Crippen molar-refractivity contribution in [3.05, 3.63) is 129 Å². The highest BCUT2D eigenvalue weighted by atomic mass is 35.5. The minimum absolute atomic E-state index is 0.0222. The number of amides is 3. The van der Waals surface area contributed by atoms with Crippen LogP contribution in [0.1, 0.15) is 22.8 Å². The lowest BCUT2D eigenvalue weighted by Gasteiger charge is -2.12. The molecule has 0 aliphatic heterocycles. The quantitative estimate of drug-likeness (QED) is 0.0887. The lowest BCUT2D eigenvalue weighted by molar-refractivity contribution is -0.114. The summed E-state index contributed by atoms with van der Waals surface area (Å²) in [5.41, 5.74) is 3.02. The Hall–Kier alpha value is -4.61. The van der Waals surface area contributed by atoms with Gasteiger partial charge < -0.3 is 20.7 Å². The van der Waals surface area contributed by atoms with Crippen molar-refractivity contribution in [2.45, 2.75) is 11.8 Å². The fraction of sp³-hybridized carbons (Fsp3) is 0.0857. The van der Waals surface area contributed by atoms with E-state index in [0.29, 0.717) is 33.6 Å². The molecule has 47 heavy (non-hydrogen) atoms. The van der Waals surface area contributed by atoms with Crippen molar-refractivity contribution >= 4 is 80.9 Å². The highest BCUT2D eigenvalue weighted by Crippen LogP contribution is 2.29. The van der Waals surface area contributed by atoms with Gasteiger partial charge in [-0.2, -0.15) is 0 Å². The van der Waals surface area contributed by atoms with Crippen molar-refractivity contribution < 1.29 is 19.1 Å². The molecular weight excluding hydrogens is 675 g/mol. The van der Waals surface area contributed by atoms with Gasteiger partial charge in [0.1, 0.15) is 11.4 Å². The largest absolute Gasteiger partial charge is 0.494 e. The van der Waals surface area contributed by atoms with E-state index < -0.39 is 11.8 Å². The zero-order valence-corrected chi connectivity index (χ0v) is 28.1. The van der Waals surface area contributed by atoms with Crippen LogP contribution in [-0.4, -0.2) is 35.1 Å². The molecule has 5 aromatic rings. The molecule has 12 heteroatoms. The van der Waals surface area contributed by atoms with Gasteiger partial charge >= 0.3 is 0 Å². The van der Waals surface area contributed by atoms with Gasteiger partial charge in [-0.15, -0.1) is 23.1 Å². The van der Waals surface area contributed by atoms with Gasteiger partial charge in [-0.3, -0.25) is 14.4 Å². The fourth-order valence-corrected chi connectivity index (χ4v) is 6.02. The van der Waals surface area contributed by atoms with Crippen LogP contribution < -0.4 is 20.7 Å². The van der Waals surface area contributed by atoms with Gasteiger partial charge in [-0.05, 0) is 85.3 Å². The number of hydrogen-bond donors (Lipinski definition) is 3. The minimum Gasteiger partial charge on any atom is -0.494 e. The number of ether oxygens (including phenoxy) is 1. The molecule has 1 heterocycles. The smallest absolute Gasteiger partial charge is 0.272 e. The molecule has 0 spiro atoms. The summed E-state index contributed by atoms with van der Waals surface area (Å²) < 4.78 is 5.48. The van der Waals surface area contributed by atoms with Crippen LogP contribution in [0.15, 0.2) is 113 Å². The first-order valence-electron chi connectivity index (χ1n) is 14.3. The SMILES string of the molecule is CCOc1ccc(-c2csc(NC(=O)CSc3ccc(NC(=O)/C(=C/c4cccc(Cl)c4Cl)NC(=O)c4ccccc4)cc3)n2)cc1. The standard InChI is InChI=1S/C35H28Cl2N4O4S2/c1-2-45-26-15-11-22(12-16-26)30-20-47-35(40-30)41-31(42)21-46-27-17-13-25(14-18-27)38-34(44)29(19-24-9-6-10-28(36)32(24)37)39-33(43)23-7-4-3-5-8-23/h3-20H,2,21H2,1H3,(H,38,44)(H,39,43)(H,40,41,42)/b29-19-. The second kappa shape index (κ2) is 16.3. The monoisotopic (exact) mass is 702 g/mol. The van der Waals surface area contributed by atoms with Gasteiger partial charge in [0, 0.05) is 27.1 Å². The van der Waals surface area contributed by atoms with E-state index in [0.717, 1.165) is 21.9 Å². The van der Waals surface area contributed by atoms with Crippen molar-refractivity contribution in [2.24, 2.45) is 0 Å². The van der Waals surface area contributed by atoms with Crippen molar-refractivity contribution in [3.8, 4) is 17.0 Å². The molecule has 8 nitrogen and oxygen atoms in total. The molecule has 0 unspecified atom stereocenters. The molecule has 0 radical (unpaired) electrons. The van der Waals surface area contributed by atoms with Gasteiger partial charge in [-0.1, -0.05) is 53.5 Å². The molecule has 238 valence electrons. The van der Waals surface area contributed by atoms with Crippen molar-refractivity contribution in [1.29, 1.82) is 0 Å². The van der Waals surface area contributed by atoms with Crippen LogP contribution in [0.25, 0.3) is 17.3 Å². The predicted octanol–water partition coefficient (Wildman–Crippen LogP) is 8.66. The first-order valence-corrected chi connectivity index (χ1v) is 17.0. The molecule has 1 aromatic heterocycles. The maximum atomic E-state index is 13.3. The molecule has 4 aromatic carbocycles. The third-order valence-corrected chi connectivity index (χ3v) is 9.11. The summed E-state index contributed by atoms with van der Waals surface area (Å²) in [7, 11) is 0. The van der Waals surface area contributed by atoms with E-state index in [4.69, 9.17) is 27.9 Å². The van der Waals surface area contributed by atoms with E-state index >= 15 is 0 Å². The molecule has 3 amide bonds. The summed E-state index contributed by atoms with van der Waals surface area (Å²) in [6.45, 7) is 2.53. The Bertz CT molecular complexity index is 1900. The minimum atomic E-state index is -0.557.